The van der Waals surface area contributed by atoms with Gasteiger partial charge in [-0.25, -0.2) is 0 Å². The second-order valence-corrected chi connectivity index (χ2v) is 5.02. The van der Waals surface area contributed by atoms with Gasteiger partial charge in [0.05, 0.1) is 10.7 Å². The number of aryl methyl sites for hydroxylation is 1. The van der Waals surface area contributed by atoms with Crippen molar-refractivity contribution in [3.05, 3.63) is 70.9 Å². The number of anilines is 2. The molecule has 0 aliphatic heterocycles. The molecule has 2 aromatic rings. The Balaban J connectivity index is 2.10. The SMILES string of the molecule is Cc1ccc(N/C=C(\C#N)C(=O)Nc2ccccc2)c(Cl)c1. The van der Waals surface area contributed by atoms with Crippen LogP contribution in [0, 0.1) is 18.3 Å². The van der Waals surface area contributed by atoms with Crippen LogP contribution in [0.3, 0.4) is 0 Å². The lowest BCUT2D eigenvalue weighted by Gasteiger charge is -2.06. The molecule has 1 amide bonds. The second kappa shape index (κ2) is 7.30. The normalized spacial score (nSPS) is 10.7. The minimum absolute atomic E-state index is 0.0412. The first-order valence-electron chi connectivity index (χ1n) is 6.59. The molecule has 0 atom stereocenters. The molecule has 0 saturated heterocycles. The fraction of sp³-hybridized carbons (Fsp3) is 0.0588. The van der Waals surface area contributed by atoms with Crippen molar-refractivity contribution in [3.63, 3.8) is 0 Å². The molecule has 0 aliphatic rings. The summed E-state index contributed by atoms with van der Waals surface area (Å²) in [5, 5.41) is 15.2. The van der Waals surface area contributed by atoms with Gasteiger partial charge in [-0.2, -0.15) is 5.26 Å². The summed E-state index contributed by atoms with van der Waals surface area (Å²) in [6.45, 7) is 1.93. The van der Waals surface area contributed by atoms with Gasteiger partial charge < -0.3 is 10.6 Å². The molecule has 0 radical (unpaired) electrons. The summed E-state index contributed by atoms with van der Waals surface area (Å²) in [4.78, 5) is 12.0. The molecule has 0 fully saturated rings. The highest BCUT2D eigenvalue weighted by atomic mass is 35.5. The molecule has 2 aromatic carbocycles. The Morgan fingerprint density at radius 3 is 2.59 bits per heavy atom. The molecule has 2 rings (SSSR count). The maximum absolute atomic E-state index is 12.0. The standard InChI is InChI=1S/C17H14ClN3O/c1-12-7-8-16(15(18)9-12)20-11-13(10-19)17(22)21-14-5-3-2-4-6-14/h2-9,11,20H,1H3,(H,21,22)/b13-11+. The van der Waals surface area contributed by atoms with E-state index in [9.17, 15) is 4.79 Å². The van der Waals surface area contributed by atoms with Crippen molar-refractivity contribution < 1.29 is 4.79 Å². The molecule has 0 aliphatic carbocycles. The van der Waals surface area contributed by atoms with Crippen molar-refractivity contribution in [1.29, 1.82) is 5.26 Å². The number of hydrogen-bond donors (Lipinski definition) is 2. The number of nitrogens with zero attached hydrogens (tertiary/aromatic N) is 1. The third-order valence-electron chi connectivity index (χ3n) is 2.89. The Morgan fingerprint density at radius 2 is 1.95 bits per heavy atom. The highest BCUT2D eigenvalue weighted by molar-refractivity contribution is 6.33. The van der Waals surface area contributed by atoms with Crippen LogP contribution in [0.1, 0.15) is 5.56 Å². The third kappa shape index (κ3) is 4.11. The summed E-state index contributed by atoms with van der Waals surface area (Å²) in [5.74, 6) is -0.482. The summed E-state index contributed by atoms with van der Waals surface area (Å²) in [6.07, 6.45) is 1.34. The molecule has 110 valence electrons. The number of carbonyl (C=O) groups excluding carboxylic acids is 1. The molecule has 0 unspecified atom stereocenters. The van der Waals surface area contributed by atoms with Gasteiger partial charge in [0.15, 0.2) is 0 Å². The highest BCUT2D eigenvalue weighted by Crippen LogP contribution is 2.22. The Labute approximate surface area is 134 Å². The van der Waals surface area contributed by atoms with Gasteiger partial charge in [0.1, 0.15) is 11.6 Å². The van der Waals surface area contributed by atoms with E-state index in [1.807, 2.05) is 25.1 Å². The molecule has 0 heterocycles. The highest BCUT2D eigenvalue weighted by Gasteiger charge is 2.09. The summed E-state index contributed by atoms with van der Waals surface area (Å²) < 4.78 is 0. The van der Waals surface area contributed by atoms with Gasteiger partial charge in [-0.1, -0.05) is 35.9 Å². The maximum atomic E-state index is 12.0. The van der Waals surface area contributed by atoms with Gasteiger partial charge in [-0.15, -0.1) is 0 Å². The average molecular weight is 312 g/mol. The molecular weight excluding hydrogens is 298 g/mol. The number of amides is 1. The van der Waals surface area contributed by atoms with E-state index in [1.165, 1.54) is 6.20 Å². The largest absolute Gasteiger partial charge is 0.359 e. The van der Waals surface area contributed by atoms with Crippen LogP contribution >= 0.6 is 11.6 Å². The third-order valence-corrected chi connectivity index (χ3v) is 3.21. The Bertz CT molecular complexity index is 748. The zero-order valence-electron chi connectivity index (χ0n) is 11.9. The molecule has 2 N–H and O–H groups in total. The van der Waals surface area contributed by atoms with E-state index >= 15 is 0 Å². The molecule has 22 heavy (non-hydrogen) atoms. The van der Waals surface area contributed by atoms with Crippen molar-refractivity contribution in [3.8, 4) is 6.07 Å². The zero-order valence-corrected chi connectivity index (χ0v) is 12.7. The van der Waals surface area contributed by atoms with Crippen LogP contribution in [0.5, 0.6) is 0 Å². The Morgan fingerprint density at radius 1 is 1.23 bits per heavy atom. The van der Waals surface area contributed by atoms with Gasteiger partial charge >= 0.3 is 0 Å². The van der Waals surface area contributed by atoms with E-state index < -0.39 is 5.91 Å². The number of para-hydroxylation sites is 1. The minimum atomic E-state index is -0.482. The summed E-state index contributed by atoms with van der Waals surface area (Å²) in [7, 11) is 0. The van der Waals surface area contributed by atoms with Gasteiger partial charge in [0.25, 0.3) is 5.91 Å². The minimum Gasteiger partial charge on any atom is -0.359 e. The first-order valence-corrected chi connectivity index (χ1v) is 6.97. The number of nitriles is 1. The van der Waals surface area contributed by atoms with Gasteiger partial charge in [-0.05, 0) is 36.8 Å². The lowest BCUT2D eigenvalue weighted by atomic mass is 10.2. The number of carbonyl (C=O) groups is 1. The zero-order chi connectivity index (χ0) is 15.9. The first-order chi connectivity index (χ1) is 10.6. The predicted octanol–water partition coefficient (Wildman–Crippen LogP) is 4.11. The number of halogens is 1. The van der Waals surface area contributed by atoms with E-state index in [1.54, 1.807) is 36.4 Å². The van der Waals surface area contributed by atoms with E-state index in [0.29, 0.717) is 16.4 Å². The van der Waals surface area contributed by atoms with Gasteiger partial charge in [-0.3, -0.25) is 4.79 Å². The van der Waals surface area contributed by atoms with Crippen LogP contribution in [-0.2, 0) is 4.79 Å². The molecule has 0 spiro atoms. The second-order valence-electron chi connectivity index (χ2n) is 4.62. The molecule has 4 nitrogen and oxygen atoms in total. The van der Waals surface area contributed by atoms with Gasteiger partial charge in [0, 0.05) is 11.9 Å². The van der Waals surface area contributed by atoms with Crippen molar-refractivity contribution in [2.24, 2.45) is 0 Å². The molecular formula is C17H14ClN3O. The van der Waals surface area contributed by atoms with E-state index in [0.717, 1.165) is 5.56 Å². The van der Waals surface area contributed by atoms with Crippen molar-refractivity contribution in [2.75, 3.05) is 10.6 Å². The predicted molar refractivity (Wildman–Crippen MR) is 88.6 cm³/mol. The molecule has 0 saturated carbocycles. The number of benzene rings is 2. The van der Waals surface area contributed by atoms with Crippen LogP contribution in [0.4, 0.5) is 11.4 Å². The number of rotatable bonds is 4. The quantitative estimate of drug-likeness (QED) is 0.660. The van der Waals surface area contributed by atoms with Crippen LogP contribution in [-0.4, -0.2) is 5.91 Å². The lowest BCUT2D eigenvalue weighted by molar-refractivity contribution is -0.112. The van der Waals surface area contributed by atoms with Crippen molar-refractivity contribution in [2.45, 2.75) is 6.92 Å². The topological polar surface area (TPSA) is 64.9 Å². The smallest absolute Gasteiger partial charge is 0.267 e. The maximum Gasteiger partial charge on any atom is 0.267 e. The van der Waals surface area contributed by atoms with E-state index in [-0.39, 0.29) is 5.57 Å². The van der Waals surface area contributed by atoms with E-state index in [4.69, 9.17) is 16.9 Å². The van der Waals surface area contributed by atoms with Crippen LogP contribution in [0.15, 0.2) is 60.3 Å². The van der Waals surface area contributed by atoms with Crippen LogP contribution in [0.25, 0.3) is 0 Å². The van der Waals surface area contributed by atoms with Gasteiger partial charge in [0.2, 0.25) is 0 Å². The fourth-order valence-corrected chi connectivity index (χ4v) is 2.05. The number of hydrogen-bond acceptors (Lipinski definition) is 3. The molecule has 0 aromatic heterocycles. The molecule has 0 bridgehead atoms. The summed E-state index contributed by atoms with van der Waals surface area (Å²) >= 11 is 6.09. The Hall–Kier alpha value is -2.77. The number of nitrogens with one attached hydrogen (secondary N) is 2. The fourth-order valence-electron chi connectivity index (χ4n) is 1.76. The van der Waals surface area contributed by atoms with Crippen molar-refractivity contribution in [1.82, 2.24) is 0 Å². The van der Waals surface area contributed by atoms with E-state index in [2.05, 4.69) is 10.6 Å². The monoisotopic (exact) mass is 311 g/mol. The summed E-state index contributed by atoms with van der Waals surface area (Å²) in [6, 6.07) is 16.3. The van der Waals surface area contributed by atoms with Crippen LogP contribution < -0.4 is 10.6 Å². The average Bonchev–Trinajstić information content (AvgIpc) is 2.50. The summed E-state index contributed by atoms with van der Waals surface area (Å²) in [5.41, 5.74) is 2.25. The lowest BCUT2D eigenvalue weighted by Crippen LogP contribution is -2.14. The Kier molecular flexibility index (Phi) is 5.18. The van der Waals surface area contributed by atoms with Crippen molar-refractivity contribution >= 4 is 28.9 Å². The molecule has 5 heteroatoms. The van der Waals surface area contributed by atoms with Crippen LogP contribution in [0.2, 0.25) is 5.02 Å². The first kappa shape index (κ1) is 15.6.